The highest BCUT2D eigenvalue weighted by Crippen LogP contribution is 2.34. The van der Waals surface area contributed by atoms with Gasteiger partial charge in [-0.15, -0.1) is 0 Å². The van der Waals surface area contributed by atoms with Crippen LogP contribution in [0.4, 0.5) is 16.4 Å². The van der Waals surface area contributed by atoms with Gasteiger partial charge in [-0.1, -0.05) is 17.1 Å². The second-order valence-electron chi connectivity index (χ2n) is 7.85. The number of nitrogens with zero attached hydrogens (tertiary/aromatic N) is 5. The molecule has 2 aliphatic rings. The Hall–Kier alpha value is -3.16. The quantitative estimate of drug-likeness (QED) is 0.807. The van der Waals surface area contributed by atoms with Crippen LogP contribution in [-0.2, 0) is 11.3 Å². The number of benzene rings is 1. The van der Waals surface area contributed by atoms with E-state index >= 15 is 0 Å². The predicted octanol–water partition coefficient (Wildman–Crippen LogP) is 2.23. The summed E-state index contributed by atoms with van der Waals surface area (Å²) in [6, 6.07) is 5.43. The molecule has 1 N–H and O–H groups in total. The molecule has 0 saturated carbocycles. The van der Waals surface area contributed by atoms with Crippen LogP contribution < -0.4 is 9.88 Å². The Balaban J connectivity index is 1.64. The number of amides is 3. The summed E-state index contributed by atoms with van der Waals surface area (Å²) in [5.74, 6) is 0.961. The minimum Gasteiger partial charge on any atom is -0.382 e. The van der Waals surface area contributed by atoms with Gasteiger partial charge >= 0.3 is 12.0 Å². The molecule has 1 fully saturated rings. The number of aromatic nitrogens is 2. The molecule has 8 nitrogen and oxygen atoms in total. The number of anilines is 1. The van der Waals surface area contributed by atoms with Crippen LogP contribution in [0.2, 0.25) is 0 Å². The fourth-order valence-corrected chi connectivity index (χ4v) is 4.08. The lowest BCUT2D eigenvalue weighted by Crippen LogP contribution is -2.56. The number of imidazole rings is 1. The van der Waals surface area contributed by atoms with Crippen molar-refractivity contribution in [2.24, 2.45) is 4.99 Å². The highest BCUT2D eigenvalue weighted by Gasteiger charge is 2.53. The maximum absolute atomic E-state index is 12.8. The number of imide groups is 1. The maximum Gasteiger partial charge on any atom is 0.402 e. The van der Waals surface area contributed by atoms with E-state index < -0.39 is 6.04 Å². The Morgan fingerprint density at radius 3 is 2.55 bits per heavy atom. The fraction of sp³-hybridized carbons (Fsp3) is 0.429. The van der Waals surface area contributed by atoms with Gasteiger partial charge in [0.05, 0.1) is 6.54 Å². The molecule has 0 spiro atoms. The lowest BCUT2D eigenvalue weighted by molar-refractivity contribution is -0.686. The second kappa shape index (κ2) is 6.72. The average Bonchev–Trinajstić information content (AvgIpc) is 3.18. The summed E-state index contributed by atoms with van der Waals surface area (Å²) >= 11 is 0. The summed E-state index contributed by atoms with van der Waals surface area (Å²) in [6.07, 6.45) is 0. The van der Waals surface area contributed by atoms with Crippen molar-refractivity contribution in [3.05, 3.63) is 40.7 Å². The molecule has 3 heterocycles. The standard InChI is InChI=1S/C21H27N6O2/c1-12-7-8-13(2)16(11-12)22-9-10-26-14(3)15(4)27-17-18(23-20(26)27)24(5)21(29)25(6)19(17)28/h7-8,11,17,22H,9-10H2,1-6H3/q+1. The maximum atomic E-state index is 12.8. The van der Waals surface area contributed by atoms with Crippen molar-refractivity contribution < 1.29 is 14.2 Å². The SMILES string of the molecule is Cc1ccc(C)c(NCC[n+]2c(C)c(C)n3c2N=C2C3C(=O)N(C)C(=O)N2C)c1. The minimum absolute atomic E-state index is 0.246. The fourth-order valence-electron chi connectivity index (χ4n) is 4.08. The molecule has 1 atom stereocenters. The number of aliphatic imine (C=N–C) groups is 1. The molecule has 1 saturated heterocycles. The molecular formula is C21H27N6O2+. The third-order valence-corrected chi connectivity index (χ3v) is 5.99. The van der Waals surface area contributed by atoms with Gasteiger partial charge in [-0.3, -0.25) is 14.6 Å². The molecule has 2 aliphatic heterocycles. The molecule has 4 rings (SSSR count). The molecular weight excluding hydrogens is 368 g/mol. The van der Waals surface area contributed by atoms with E-state index in [1.807, 2.05) is 18.4 Å². The van der Waals surface area contributed by atoms with Gasteiger partial charge in [0.15, 0.2) is 0 Å². The van der Waals surface area contributed by atoms with Crippen LogP contribution in [0.15, 0.2) is 23.2 Å². The number of hydrogen-bond acceptors (Lipinski definition) is 4. The first-order valence-corrected chi connectivity index (χ1v) is 9.78. The molecule has 0 radical (unpaired) electrons. The monoisotopic (exact) mass is 395 g/mol. The topological polar surface area (TPSA) is 73.8 Å². The van der Waals surface area contributed by atoms with Crippen molar-refractivity contribution in [3.63, 3.8) is 0 Å². The summed E-state index contributed by atoms with van der Waals surface area (Å²) in [5, 5.41) is 3.51. The third kappa shape index (κ3) is 2.82. The van der Waals surface area contributed by atoms with E-state index in [4.69, 9.17) is 4.99 Å². The summed E-state index contributed by atoms with van der Waals surface area (Å²) in [7, 11) is 3.18. The first-order chi connectivity index (χ1) is 13.7. The first-order valence-electron chi connectivity index (χ1n) is 9.78. The highest BCUT2D eigenvalue weighted by molar-refractivity contribution is 6.20. The van der Waals surface area contributed by atoms with Crippen LogP contribution in [0, 0.1) is 27.7 Å². The number of carbonyl (C=O) groups is 2. The van der Waals surface area contributed by atoms with E-state index in [2.05, 4.69) is 41.9 Å². The zero-order valence-electron chi connectivity index (χ0n) is 17.8. The van der Waals surface area contributed by atoms with Gasteiger partial charge in [0, 0.05) is 26.3 Å². The number of carbonyl (C=O) groups excluding carboxylic acids is 2. The number of urea groups is 1. The van der Waals surface area contributed by atoms with E-state index in [1.165, 1.54) is 28.0 Å². The molecule has 8 heteroatoms. The Bertz CT molecular complexity index is 1070. The van der Waals surface area contributed by atoms with Crippen LogP contribution in [0.25, 0.3) is 0 Å². The molecule has 29 heavy (non-hydrogen) atoms. The summed E-state index contributed by atoms with van der Waals surface area (Å²) < 4.78 is 4.06. The summed E-state index contributed by atoms with van der Waals surface area (Å²) in [5.41, 5.74) is 5.60. The molecule has 1 aromatic carbocycles. The van der Waals surface area contributed by atoms with E-state index in [0.29, 0.717) is 18.3 Å². The molecule has 0 bridgehead atoms. The Labute approximate surface area is 170 Å². The number of amidine groups is 1. The average molecular weight is 395 g/mol. The summed E-state index contributed by atoms with van der Waals surface area (Å²) in [4.78, 5) is 32.5. The van der Waals surface area contributed by atoms with Crippen LogP contribution in [0.3, 0.4) is 0 Å². The van der Waals surface area contributed by atoms with Gasteiger partial charge in [-0.2, -0.15) is 0 Å². The van der Waals surface area contributed by atoms with Crippen LogP contribution in [0.1, 0.15) is 28.6 Å². The van der Waals surface area contributed by atoms with Gasteiger partial charge in [0.2, 0.25) is 11.9 Å². The van der Waals surface area contributed by atoms with Crippen molar-refractivity contribution in [2.45, 2.75) is 40.3 Å². The molecule has 3 amide bonds. The number of likely N-dealkylation sites (N-methyl/N-ethyl adjacent to an activating group) is 2. The number of rotatable bonds is 4. The predicted molar refractivity (Wildman–Crippen MR) is 111 cm³/mol. The van der Waals surface area contributed by atoms with Crippen molar-refractivity contribution in [2.75, 3.05) is 26.0 Å². The van der Waals surface area contributed by atoms with Gasteiger partial charge in [-0.25, -0.2) is 13.9 Å². The number of nitrogens with one attached hydrogen (secondary N) is 1. The van der Waals surface area contributed by atoms with E-state index in [9.17, 15) is 9.59 Å². The van der Waals surface area contributed by atoms with Gasteiger partial charge in [0.1, 0.15) is 11.4 Å². The minimum atomic E-state index is -0.579. The molecule has 152 valence electrons. The zero-order valence-corrected chi connectivity index (χ0v) is 17.8. The largest absolute Gasteiger partial charge is 0.402 e. The Kier molecular flexibility index (Phi) is 4.44. The van der Waals surface area contributed by atoms with Gasteiger partial charge < -0.3 is 5.32 Å². The third-order valence-electron chi connectivity index (χ3n) is 5.99. The van der Waals surface area contributed by atoms with Crippen molar-refractivity contribution >= 4 is 29.4 Å². The number of hydrogen-bond donors (Lipinski definition) is 1. The van der Waals surface area contributed by atoms with E-state index in [0.717, 1.165) is 23.6 Å². The zero-order chi connectivity index (χ0) is 21.0. The number of fused-ring (bicyclic) bond motifs is 3. The van der Waals surface area contributed by atoms with Gasteiger partial charge in [0.25, 0.3) is 5.91 Å². The van der Waals surface area contributed by atoms with Crippen LogP contribution in [0.5, 0.6) is 0 Å². The molecule has 0 aliphatic carbocycles. The van der Waals surface area contributed by atoms with Crippen LogP contribution in [-0.4, -0.2) is 52.8 Å². The van der Waals surface area contributed by atoms with Crippen LogP contribution >= 0.6 is 0 Å². The van der Waals surface area contributed by atoms with E-state index in [1.54, 1.807) is 7.05 Å². The lowest BCUT2D eigenvalue weighted by atomic mass is 10.1. The van der Waals surface area contributed by atoms with Crippen molar-refractivity contribution in [1.82, 2.24) is 14.4 Å². The summed E-state index contributed by atoms with van der Waals surface area (Å²) in [6.45, 7) is 9.64. The first kappa shape index (κ1) is 19.2. The molecule has 1 aromatic heterocycles. The second-order valence-corrected chi connectivity index (χ2v) is 7.85. The van der Waals surface area contributed by atoms with E-state index in [-0.39, 0.29) is 11.9 Å². The smallest absolute Gasteiger partial charge is 0.382 e. The normalized spacial score (nSPS) is 18.1. The highest BCUT2D eigenvalue weighted by atomic mass is 16.2. The lowest BCUT2D eigenvalue weighted by Gasteiger charge is -2.30. The Morgan fingerprint density at radius 1 is 1.10 bits per heavy atom. The van der Waals surface area contributed by atoms with Crippen molar-refractivity contribution in [3.8, 4) is 0 Å². The number of aryl methyl sites for hydroxylation is 2. The molecule has 2 aromatic rings. The van der Waals surface area contributed by atoms with Crippen molar-refractivity contribution in [1.29, 1.82) is 0 Å². The Morgan fingerprint density at radius 2 is 1.83 bits per heavy atom. The van der Waals surface area contributed by atoms with Gasteiger partial charge in [-0.05, 0) is 44.9 Å². The molecule has 1 unspecified atom stereocenters.